The van der Waals surface area contributed by atoms with Crippen LogP contribution in [0.25, 0.3) is 16.6 Å². The Balaban J connectivity index is 1.32. The van der Waals surface area contributed by atoms with Gasteiger partial charge in [-0.25, -0.2) is 24.3 Å². The number of anilines is 2. The van der Waals surface area contributed by atoms with Gasteiger partial charge in [0.25, 0.3) is 0 Å². The van der Waals surface area contributed by atoms with Crippen molar-refractivity contribution in [2.24, 2.45) is 0 Å². The van der Waals surface area contributed by atoms with E-state index in [0.717, 1.165) is 71.1 Å². The number of nitrogens with zero attached hydrogens (tertiary/aromatic N) is 8. The zero-order valence-electron chi connectivity index (χ0n) is 24.2. The highest BCUT2D eigenvalue weighted by Gasteiger charge is 2.41. The molecule has 5 heterocycles. The van der Waals surface area contributed by atoms with Crippen molar-refractivity contribution in [1.29, 1.82) is 0 Å². The summed E-state index contributed by atoms with van der Waals surface area (Å²) in [5.41, 5.74) is 4.52. The van der Waals surface area contributed by atoms with Gasteiger partial charge in [0, 0.05) is 48.4 Å². The fraction of sp³-hybridized carbons (Fsp3) is 0.500. The first-order valence-corrected chi connectivity index (χ1v) is 14.2. The summed E-state index contributed by atoms with van der Waals surface area (Å²) in [6.07, 6.45) is 4.40. The van der Waals surface area contributed by atoms with Crippen LogP contribution in [0.2, 0.25) is 0 Å². The average Bonchev–Trinajstić information content (AvgIpc) is 3.26. The lowest BCUT2D eigenvalue weighted by molar-refractivity contribution is 0.0600. The number of carboxylic acid groups (broad SMARTS) is 1. The molecule has 2 saturated heterocycles. The Hall–Kier alpha value is -3.95. The lowest BCUT2D eigenvalue weighted by Crippen LogP contribution is -2.65. The lowest BCUT2D eigenvalue weighted by Gasteiger charge is -2.49. The fourth-order valence-electron chi connectivity index (χ4n) is 6.43. The summed E-state index contributed by atoms with van der Waals surface area (Å²) >= 11 is 0. The molecular weight excluding hydrogens is 504 g/mol. The molecule has 1 N–H and O–H groups in total. The monoisotopic (exact) mass is 542 g/mol. The minimum atomic E-state index is -0.878. The van der Waals surface area contributed by atoms with Crippen LogP contribution >= 0.6 is 0 Å². The summed E-state index contributed by atoms with van der Waals surface area (Å²) in [7, 11) is 0. The molecule has 1 unspecified atom stereocenters. The van der Waals surface area contributed by atoms with Crippen molar-refractivity contribution in [2.75, 3.05) is 29.4 Å². The maximum atomic E-state index is 11.9. The molecule has 210 valence electrons. The van der Waals surface area contributed by atoms with Crippen LogP contribution in [0.3, 0.4) is 0 Å². The topological polar surface area (TPSA) is 103 Å². The number of aromatic nitrogens is 5. The summed E-state index contributed by atoms with van der Waals surface area (Å²) in [6, 6.07) is 8.39. The van der Waals surface area contributed by atoms with E-state index in [2.05, 4.69) is 41.0 Å². The molecule has 1 aromatic carbocycles. The molecule has 0 radical (unpaired) electrons. The van der Waals surface area contributed by atoms with Crippen molar-refractivity contribution < 1.29 is 9.90 Å². The van der Waals surface area contributed by atoms with Crippen LogP contribution in [0.1, 0.15) is 68.7 Å². The zero-order chi connectivity index (χ0) is 28.3. The average molecular weight is 543 g/mol. The highest BCUT2D eigenvalue weighted by Crippen LogP contribution is 2.38. The van der Waals surface area contributed by atoms with Gasteiger partial charge in [0.2, 0.25) is 0 Å². The van der Waals surface area contributed by atoms with Gasteiger partial charge in [0.1, 0.15) is 17.5 Å². The highest BCUT2D eigenvalue weighted by molar-refractivity contribution is 5.92. The molecule has 1 amide bonds. The first-order chi connectivity index (χ1) is 19.0. The van der Waals surface area contributed by atoms with Gasteiger partial charge in [0.15, 0.2) is 5.65 Å². The largest absolute Gasteiger partial charge is 0.465 e. The van der Waals surface area contributed by atoms with Gasteiger partial charge in [-0.05, 0) is 72.4 Å². The van der Waals surface area contributed by atoms with Gasteiger partial charge in [-0.3, -0.25) is 4.90 Å². The molecular formula is C30H38N8O2. The molecule has 3 aromatic heterocycles. The van der Waals surface area contributed by atoms with Gasteiger partial charge in [-0.2, -0.15) is 5.10 Å². The van der Waals surface area contributed by atoms with Crippen molar-refractivity contribution in [3.05, 3.63) is 53.1 Å². The molecule has 40 heavy (non-hydrogen) atoms. The van der Waals surface area contributed by atoms with Gasteiger partial charge < -0.3 is 14.9 Å². The number of benzene rings is 1. The fourth-order valence-corrected chi connectivity index (χ4v) is 6.43. The molecule has 0 bridgehead atoms. The van der Waals surface area contributed by atoms with E-state index in [1.807, 2.05) is 45.3 Å². The van der Waals surface area contributed by atoms with Crippen LogP contribution < -0.4 is 9.80 Å². The van der Waals surface area contributed by atoms with E-state index in [0.29, 0.717) is 13.1 Å². The Morgan fingerprint density at radius 2 is 1.80 bits per heavy atom. The molecule has 0 aliphatic carbocycles. The third-order valence-electron chi connectivity index (χ3n) is 8.22. The van der Waals surface area contributed by atoms with Gasteiger partial charge in [-0.15, -0.1) is 0 Å². The second kappa shape index (κ2) is 9.60. The third-order valence-corrected chi connectivity index (χ3v) is 8.22. The normalized spacial score (nSPS) is 18.4. The molecule has 4 aromatic rings. The lowest BCUT2D eigenvalue weighted by atomic mass is 9.98. The maximum Gasteiger partial charge on any atom is 0.408 e. The van der Waals surface area contributed by atoms with Crippen molar-refractivity contribution in [1.82, 2.24) is 29.5 Å². The Labute approximate surface area is 234 Å². The van der Waals surface area contributed by atoms with E-state index < -0.39 is 11.6 Å². The number of carbonyl (C=O) groups is 1. The molecule has 0 saturated carbocycles. The third kappa shape index (κ3) is 4.49. The summed E-state index contributed by atoms with van der Waals surface area (Å²) in [5.74, 6) is 2.65. The molecule has 10 nitrogen and oxygen atoms in total. The van der Waals surface area contributed by atoms with E-state index in [4.69, 9.17) is 20.1 Å². The summed E-state index contributed by atoms with van der Waals surface area (Å²) in [5, 5.41) is 15.9. The first-order valence-electron chi connectivity index (χ1n) is 14.2. The molecule has 2 fully saturated rings. The van der Waals surface area contributed by atoms with Crippen LogP contribution in [0.4, 0.5) is 16.4 Å². The quantitative estimate of drug-likeness (QED) is 0.371. The highest BCUT2D eigenvalue weighted by atomic mass is 16.4. The number of hydrogen-bond acceptors (Lipinski definition) is 7. The number of hydrogen-bond donors (Lipinski definition) is 1. The second-order valence-electron chi connectivity index (χ2n) is 12.3. The van der Waals surface area contributed by atoms with Crippen LogP contribution in [0.5, 0.6) is 0 Å². The summed E-state index contributed by atoms with van der Waals surface area (Å²) in [4.78, 5) is 32.7. The number of amides is 1. The van der Waals surface area contributed by atoms with E-state index in [1.54, 1.807) is 4.90 Å². The van der Waals surface area contributed by atoms with Crippen molar-refractivity contribution in [3.63, 3.8) is 0 Å². The number of fused-ring (bicyclic) bond motifs is 2. The minimum Gasteiger partial charge on any atom is -0.465 e. The van der Waals surface area contributed by atoms with E-state index >= 15 is 0 Å². The number of piperidine rings is 1. The SMILES string of the molecule is Cc1nc(N2CCCCC2c2cc3nc(N4CC(N(C(=O)O)C(C)(C)C)C4)c(C)cn3n2)c2c(C)cccc2n1. The zero-order valence-corrected chi connectivity index (χ0v) is 24.2. The predicted molar refractivity (Wildman–Crippen MR) is 156 cm³/mol. The van der Waals surface area contributed by atoms with Gasteiger partial charge in [0.05, 0.1) is 23.3 Å². The Morgan fingerprint density at radius 1 is 1.02 bits per heavy atom. The second-order valence-corrected chi connectivity index (χ2v) is 12.3. The molecule has 0 spiro atoms. The van der Waals surface area contributed by atoms with E-state index in [9.17, 15) is 9.90 Å². The van der Waals surface area contributed by atoms with Crippen LogP contribution in [-0.4, -0.2) is 71.9 Å². The van der Waals surface area contributed by atoms with E-state index in [-0.39, 0.29) is 12.1 Å². The predicted octanol–water partition coefficient (Wildman–Crippen LogP) is 5.30. The Morgan fingerprint density at radius 3 is 2.52 bits per heavy atom. The first kappa shape index (κ1) is 26.3. The van der Waals surface area contributed by atoms with Crippen LogP contribution in [-0.2, 0) is 0 Å². The number of aryl methyl sites for hydroxylation is 3. The van der Waals surface area contributed by atoms with E-state index in [1.165, 1.54) is 5.56 Å². The Kier molecular flexibility index (Phi) is 6.31. The smallest absolute Gasteiger partial charge is 0.408 e. The Bertz CT molecular complexity index is 1600. The van der Waals surface area contributed by atoms with Crippen molar-refractivity contribution in [3.8, 4) is 0 Å². The van der Waals surface area contributed by atoms with Crippen LogP contribution in [0, 0.1) is 20.8 Å². The number of rotatable bonds is 4. The molecule has 1 atom stereocenters. The van der Waals surface area contributed by atoms with Crippen molar-refractivity contribution in [2.45, 2.75) is 78.4 Å². The summed E-state index contributed by atoms with van der Waals surface area (Å²) < 4.78 is 1.88. The maximum absolute atomic E-state index is 11.9. The standard InChI is InChI=1S/C30H38N8O2/c1-18-10-9-11-22-26(18)28(32-20(3)31-22)36-13-8-7-12-24(36)23-14-25-33-27(19(2)15-37(25)34-23)35-16-21(17-35)38(29(39)40)30(4,5)6/h9-11,14-15,21,24H,7-8,12-13,16-17H2,1-6H3,(H,39,40). The van der Waals surface area contributed by atoms with Crippen molar-refractivity contribution >= 4 is 34.3 Å². The summed E-state index contributed by atoms with van der Waals surface area (Å²) in [6.45, 7) is 14.1. The minimum absolute atomic E-state index is 0.0548. The molecule has 2 aliphatic heterocycles. The van der Waals surface area contributed by atoms with Crippen LogP contribution in [0.15, 0.2) is 30.5 Å². The molecule has 2 aliphatic rings. The molecule has 6 rings (SSSR count). The van der Waals surface area contributed by atoms with Gasteiger partial charge in [-0.1, -0.05) is 12.1 Å². The van der Waals surface area contributed by atoms with Gasteiger partial charge >= 0.3 is 6.09 Å². The molecule has 10 heteroatoms.